The second-order valence-electron chi connectivity index (χ2n) is 7.42. The molecule has 3 aromatic rings. The quantitative estimate of drug-likeness (QED) is 0.277. The Kier molecular flexibility index (Phi) is 10.0. The predicted octanol–water partition coefficient (Wildman–Crippen LogP) is 3.77. The van der Waals surface area contributed by atoms with Crippen LogP contribution in [-0.4, -0.2) is 61.9 Å². The van der Waals surface area contributed by atoms with Crippen LogP contribution in [0.2, 0.25) is 0 Å². The van der Waals surface area contributed by atoms with Crippen LogP contribution in [0.5, 0.6) is 0 Å². The Morgan fingerprint density at radius 1 is 0.794 bits per heavy atom. The van der Waals surface area contributed by atoms with Crippen molar-refractivity contribution in [3.63, 3.8) is 0 Å². The number of rotatable bonds is 11. The number of hydrogen-bond acceptors (Lipinski definition) is 8. The number of fused-ring (bicyclic) bond motifs is 1. The number of aliphatic imine (C=N–C) groups is 1. The van der Waals surface area contributed by atoms with E-state index >= 15 is 0 Å². The molecule has 34 heavy (non-hydrogen) atoms. The van der Waals surface area contributed by atoms with Gasteiger partial charge in [-0.1, -0.05) is 42.5 Å². The molecule has 0 spiro atoms. The maximum Gasteiger partial charge on any atom is 0.264 e. The summed E-state index contributed by atoms with van der Waals surface area (Å²) in [5.41, 5.74) is 2.49. The molecule has 0 fully saturated rings. The molecule has 0 radical (unpaired) electrons. The van der Waals surface area contributed by atoms with Crippen LogP contribution in [0.3, 0.4) is 0 Å². The van der Waals surface area contributed by atoms with Crippen molar-refractivity contribution >= 4 is 61.0 Å². The van der Waals surface area contributed by atoms with Crippen molar-refractivity contribution in [3.8, 4) is 0 Å². The standard InChI is InChI=1S/C23H26N2O6S2.ClH/c1-32(26,27)30-15-13-25(14-16-31-33(2,28)29)23-11-7-19(8-12-23)18-24-22-10-9-20-5-3-4-6-21(20)17-22;/h3-12,17-18H,13-16H2,1-2H3;1H. The van der Waals surface area contributed by atoms with Crippen LogP contribution in [-0.2, 0) is 28.6 Å². The summed E-state index contributed by atoms with van der Waals surface area (Å²) < 4.78 is 54.6. The molecule has 0 unspecified atom stereocenters. The molecular weight excluding hydrogens is 500 g/mol. The minimum Gasteiger partial charge on any atom is -0.367 e. The van der Waals surface area contributed by atoms with Gasteiger partial charge in [0.2, 0.25) is 0 Å². The van der Waals surface area contributed by atoms with E-state index in [1.807, 2.05) is 60.7 Å². The lowest BCUT2D eigenvalue weighted by Crippen LogP contribution is -2.32. The SMILES string of the molecule is CS(=O)(=O)OCCN(CCOS(C)(=O)=O)c1ccc(C=Nc2ccc3ccccc3c2)cc1.Cl. The minimum absolute atomic E-state index is 0. The Balaban J connectivity index is 0.00000408. The van der Waals surface area contributed by atoms with Gasteiger partial charge in [0, 0.05) is 25.0 Å². The summed E-state index contributed by atoms with van der Waals surface area (Å²) in [6, 6.07) is 21.5. The number of hydrogen-bond donors (Lipinski definition) is 0. The minimum atomic E-state index is -3.57. The maximum absolute atomic E-state index is 11.2. The van der Waals surface area contributed by atoms with Crippen molar-refractivity contribution in [2.75, 3.05) is 43.7 Å². The van der Waals surface area contributed by atoms with Gasteiger partial charge in [-0.3, -0.25) is 13.4 Å². The Morgan fingerprint density at radius 3 is 1.91 bits per heavy atom. The Labute approximate surface area is 206 Å². The summed E-state index contributed by atoms with van der Waals surface area (Å²) in [5.74, 6) is 0. The van der Waals surface area contributed by atoms with Crippen LogP contribution < -0.4 is 4.90 Å². The van der Waals surface area contributed by atoms with Crippen molar-refractivity contribution in [2.24, 2.45) is 4.99 Å². The van der Waals surface area contributed by atoms with E-state index in [-0.39, 0.29) is 38.7 Å². The van der Waals surface area contributed by atoms with Crippen molar-refractivity contribution < 1.29 is 25.2 Å². The molecule has 0 aliphatic heterocycles. The first-order valence-electron chi connectivity index (χ1n) is 10.2. The number of nitrogens with zero attached hydrogens (tertiary/aromatic N) is 2. The van der Waals surface area contributed by atoms with Gasteiger partial charge in [0.1, 0.15) is 0 Å². The van der Waals surface area contributed by atoms with Crippen molar-refractivity contribution in [1.82, 2.24) is 0 Å². The molecule has 0 atom stereocenters. The van der Waals surface area contributed by atoms with Gasteiger partial charge in [0.25, 0.3) is 20.2 Å². The Morgan fingerprint density at radius 2 is 1.35 bits per heavy atom. The molecule has 3 aromatic carbocycles. The van der Waals surface area contributed by atoms with Crippen molar-refractivity contribution in [1.29, 1.82) is 0 Å². The summed E-state index contributed by atoms with van der Waals surface area (Å²) in [6.45, 7) is 0.348. The van der Waals surface area contributed by atoms with Gasteiger partial charge in [0.05, 0.1) is 31.4 Å². The van der Waals surface area contributed by atoms with Crippen LogP contribution in [0.1, 0.15) is 5.56 Å². The van der Waals surface area contributed by atoms with E-state index in [9.17, 15) is 16.8 Å². The molecule has 0 saturated carbocycles. The number of anilines is 1. The van der Waals surface area contributed by atoms with Crippen LogP contribution in [0.15, 0.2) is 71.7 Å². The predicted molar refractivity (Wildman–Crippen MR) is 139 cm³/mol. The second-order valence-corrected chi connectivity index (χ2v) is 10.7. The molecule has 0 aromatic heterocycles. The highest BCUT2D eigenvalue weighted by atomic mass is 35.5. The smallest absolute Gasteiger partial charge is 0.264 e. The van der Waals surface area contributed by atoms with E-state index in [4.69, 9.17) is 8.37 Å². The van der Waals surface area contributed by atoms with E-state index in [0.717, 1.165) is 40.2 Å². The van der Waals surface area contributed by atoms with E-state index in [0.29, 0.717) is 0 Å². The molecule has 0 N–H and O–H groups in total. The van der Waals surface area contributed by atoms with Crippen LogP contribution in [0.4, 0.5) is 11.4 Å². The lowest BCUT2D eigenvalue weighted by molar-refractivity contribution is 0.309. The molecule has 0 aliphatic rings. The monoisotopic (exact) mass is 526 g/mol. The summed E-state index contributed by atoms with van der Waals surface area (Å²) in [6.07, 6.45) is 3.72. The fraction of sp³-hybridized carbons (Fsp3) is 0.261. The zero-order chi connectivity index (χ0) is 23.9. The first kappa shape index (κ1) is 27.7. The summed E-state index contributed by atoms with van der Waals surface area (Å²) in [7, 11) is -7.14. The zero-order valence-electron chi connectivity index (χ0n) is 18.8. The Hall–Kier alpha value is -2.50. The molecule has 3 rings (SSSR count). The molecule has 0 aliphatic carbocycles. The maximum atomic E-state index is 11.2. The molecule has 11 heteroatoms. The summed E-state index contributed by atoms with van der Waals surface area (Å²) in [5, 5.41) is 2.27. The van der Waals surface area contributed by atoms with E-state index in [1.54, 1.807) is 11.1 Å². The Bertz CT molecular complexity index is 1290. The average Bonchev–Trinajstić information content (AvgIpc) is 2.75. The van der Waals surface area contributed by atoms with Gasteiger partial charge in [-0.05, 0) is 40.6 Å². The molecule has 0 amide bonds. The first-order valence-corrected chi connectivity index (χ1v) is 13.8. The van der Waals surface area contributed by atoms with E-state index in [1.165, 1.54) is 0 Å². The summed E-state index contributed by atoms with van der Waals surface area (Å²) >= 11 is 0. The third-order valence-corrected chi connectivity index (χ3v) is 5.86. The van der Waals surface area contributed by atoms with Gasteiger partial charge in [-0.2, -0.15) is 16.8 Å². The van der Waals surface area contributed by atoms with Crippen LogP contribution in [0, 0.1) is 0 Å². The molecule has 184 valence electrons. The highest BCUT2D eigenvalue weighted by molar-refractivity contribution is 7.86. The molecule has 0 heterocycles. The van der Waals surface area contributed by atoms with E-state index < -0.39 is 20.2 Å². The zero-order valence-corrected chi connectivity index (χ0v) is 21.3. The molecule has 8 nitrogen and oxygen atoms in total. The van der Waals surface area contributed by atoms with Crippen molar-refractivity contribution in [3.05, 3.63) is 72.3 Å². The van der Waals surface area contributed by atoms with Gasteiger partial charge in [0.15, 0.2) is 0 Å². The number of halogens is 1. The largest absolute Gasteiger partial charge is 0.367 e. The third kappa shape index (κ3) is 9.40. The van der Waals surface area contributed by atoms with Crippen LogP contribution in [0.25, 0.3) is 10.8 Å². The highest BCUT2D eigenvalue weighted by Crippen LogP contribution is 2.21. The first-order chi connectivity index (χ1) is 15.6. The third-order valence-electron chi connectivity index (χ3n) is 4.67. The average molecular weight is 527 g/mol. The van der Waals surface area contributed by atoms with Crippen molar-refractivity contribution in [2.45, 2.75) is 0 Å². The second kappa shape index (κ2) is 12.3. The lowest BCUT2D eigenvalue weighted by Gasteiger charge is -2.24. The highest BCUT2D eigenvalue weighted by Gasteiger charge is 2.11. The van der Waals surface area contributed by atoms with E-state index in [2.05, 4.69) is 11.1 Å². The fourth-order valence-corrected chi connectivity index (χ4v) is 3.90. The molecule has 0 saturated heterocycles. The molecule has 0 bridgehead atoms. The van der Waals surface area contributed by atoms with Gasteiger partial charge >= 0.3 is 0 Å². The summed E-state index contributed by atoms with van der Waals surface area (Å²) in [4.78, 5) is 6.33. The number of benzene rings is 3. The van der Waals surface area contributed by atoms with Gasteiger partial charge in [-0.25, -0.2) is 0 Å². The van der Waals surface area contributed by atoms with Crippen LogP contribution >= 0.6 is 12.4 Å². The van der Waals surface area contributed by atoms with Gasteiger partial charge < -0.3 is 4.90 Å². The topological polar surface area (TPSA) is 102 Å². The normalized spacial score (nSPS) is 12.1. The fourth-order valence-electron chi connectivity index (χ4n) is 3.14. The molecular formula is C23H27ClN2O6S2. The lowest BCUT2D eigenvalue weighted by atomic mass is 10.1. The van der Waals surface area contributed by atoms with Gasteiger partial charge in [-0.15, -0.1) is 12.4 Å².